The Bertz CT molecular complexity index is 975. The highest BCUT2D eigenvalue weighted by Crippen LogP contribution is 2.10. The average Bonchev–Trinajstić information content (AvgIpc) is 3.27. The van der Waals surface area contributed by atoms with Gasteiger partial charge in [0, 0.05) is 6.42 Å². The molecule has 6 nitrogen and oxygen atoms in total. The molecule has 0 aliphatic carbocycles. The van der Waals surface area contributed by atoms with Gasteiger partial charge in [-0.3, -0.25) is 4.79 Å². The Morgan fingerprint density at radius 3 is 2.54 bits per heavy atom. The molecule has 1 N–H and O–H groups in total. The maximum Gasteiger partial charge on any atom is 0.329 e. The van der Waals surface area contributed by atoms with Gasteiger partial charge in [-0.15, -0.1) is 0 Å². The fourth-order valence-electron chi connectivity index (χ4n) is 2.67. The number of nitrogens with zero attached hydrogens (tertiary/aromatic N) is 1. The number of rotatable bonds is 7. The zero-order valence-corrected chi connectivity index (χ0v) is 15.0. The van der Waals surface area contributed by atoms with Gasteiger partial charge in [-0.1, -0.05) is 42.5 Å². The number of carbonyl (C=O) groups is 2. The number of amides is 1. The monoisotopic (exact) mass is 374 g/mol. The minimum Gasteiger partial charge on any atom is -0.459 e. The van der Waals surface area contributed by atoms with Gasteiger partial charge in [-0.2, -0.15) is 5.26 Å². The minimum atomic E-state index is -0.876. The molecule has 3 rings (SSSR count). The quantitative estimate of drug-likeness (QED) is 0.641. The van der Waals surface area contributed by atoms with Crippen molar-refractivity contribution in [2.45, 2.75) is 19.1 Å². The van der Waals surface area contributed by atoms with E-state index in [2.05, 4.69) is 5.32 Å². The molecule has 6 heteroatoms. The van der Waals surface area contributed by atoms with E-state index in [1.807, 2.05) is 36.4 Å². The molecule has 140 valence electrons. The number of ether oxygens (including phenoxy) is 1. The lowest BCUT2D eigenvalue weighted by molar-refractivity contribution is -0.147. The number of esters is 1. The van der Waals surface area contributed by atoms with Crippen molar-refractivity contribution in [1.29, 1.82) is 5.26 Å². The smallest absolute Gasteiger partial charge is 0.329 e. The topological polar surface area (TPSA) is 92.3 Å². The molecule has 0 unspecified atom stereocenters. The molecule has 0 saturated heterocycles. The first-order chi connectivity index (χ1) is 13.7. The minimum absolute atomic E-state index is 0.0102. The fourth-order valence-corrected chi connectivity index (χ4v) is 2.67. The summed E-state index contributed by atoms with van der Waals surface area (Å²) in [6, 6.07) is 20.4. The van der Waals surface area contributed by atoms with Crippen LogP contribution >= 0.6 is 0 Å². The Balaban J connectivity index is 1.70. The summed E-state index contributed by atoms with van der Waals surface area (Å²) in [5, 5.41) is 11.6. The van der Waals surface area contributed by atoms with Gasteiger partial charge in [0.05, 0.1) is 17.9 Å². The third-order valence-corrected chi connectivity index (χ3v) is 4.05. The molecule has 0 fully saturated rings. The first-order valence-electron chi connectivity index (χ1n) is 8.69. The molecule has 28 heavy (non-hydrogen) atoms. The van der Waals surface area contributed by atoms with E-state index >= 15 is 0 Å². The summed E-state index contributed by atoms with van der Waals surface area (Å²) < 4.78 is 10.5. The van der Waals surface area contributed by atoms with Crippen LogP contribution in [0.25, 0.3) is 0 Å². The van der Waals surface area contributed by atoms with Crippen LogP contribution in [-0.2, 0) is 22.6 Å². The van der Waals surface area contributed by atoms with Crippen LogP contribution in [-0.4, -0.2) is 17.9 Å². The van der Waals surface area contributed by atoms with Gasteiger partial charge >= 0.3 is 5.97 Å². The highest BCUT2D eigenvalue weighted by Gasteiger charge is 2.24. The Labute approximate surface area is 162 Å². The first-order valence-corrected chi connectivity index (χ1v) is 8.69. The number of carbonyl (C=O) groups excluding carboxylic acids is 2. The molecule has 1 heterocycles. The Hall–Kier alpha value is -3.85. The highest BCUT2D eigenvalue weighted by atomic mass is 16.5. The van der Waals surface area contributed by atoms with Crippen molar-refractivity contribution < 1.29 is 18.7 Å². The summed E-state index contributed by atoms with van der Waals surface area (Å²) in [4.78, 5) is 25.0. The Morgan fingerprint density at radius 1 is 1.04 bits per heavy atom. The molecule has 0 radical (unpaired) electrons. The number of hydrogen-bond acceptors (Lipinski definition) is 5. The molecular formula is C22H18N2O4. The zero-order chi connectivity index (χ0) is 19.8. The van der Waals surface area contributed by atoms with Gasteiger partial charge in [0.1, 0.15) is 12.6 Å². The SMILES string of the molecule is N#Cc1cccc(COC(=O)[C@H](Cc2ccccc2)NC(=O)c2ccco2)c1. The van der Waals surface area contributed by atoms with Gasteiger partial charge in [-0.05, 0) is 35.4 Å². The Kier molecular flexibility index (Phi) is 6.21. The standard InChI is InChI=1S/C22H18N2O4/c23-14-17-8-4-9-18(12-17)15-28-22(26)19(13-16-6-2-1-3-7-16)24-21(25)20-10-5-11-27-20/h1-12,19H,13,15H2,(H,24,25)/t19-/m0/s1. The number of nitrogens with one attached hydrogen (secondary N) is 1. The van der Waals surface area contributed by atoms with Gasteiger partial charge < -0.3 is 14.5 Å². The van der Waals surface area contributed by atoms with Crippen molar-refractivity contribution in [3.63, 3.8) is 0 Å². The lowest BCUT2D eigenvalue weighted by atomic mass is 10.1. The van der Waals surface area contributed by atoms with Crippen LogP contribution < -0.4 is 5.32 Å². The van der Waals surface area contributed by atoms with E-state index < -0.39 is 17.9 Å². The fraction of sp³-hybridized carbons (Fsp3) is 0.136. The van der Waals surface area contributed by atoms with Gasteiger partial charge in [0.15, 0.2) is 5.76 Å². The molecule has 0 saturated carbocycles. The van der Waals surface area contributed by atoms with Crippen molar-refractivity contribution in [2.75, 3.05) is 0 Å². The van der Waals surface area contributed by atoms with Crippen molar-refractivity contribution in [2.24, 2.45) is 0 Å². The number of hydrogen-bond donors (Lipinski definition) is 1. The van der Waals surface area contributed by atoms with Crippen LogP contribution in [0.15, 0.2) is 77.4 Å². The molecule has 1 amide bonds. The molecule has 1 aromatic heterocycles. The second-order valence-electron chi connectivity index (χ2n) is 6.11. The van der Waals surface area contributed by atoms with E-state index in [0.717, 1.165) is 5.56 Å². The summed E-state index contributed by atoms with van der Waals surface area (Å²) in [7, 11) is 0. The van der Waals surface area contributed by atoms with Crippen LogP contribution in [0.2, 0.25) is 0 Å². The van der Waals surface area contributed by atoms with E-state index in [1.54, 1.807) is 30.3 Å². The molecule has 0 spiro atoms. The first kappa shape index (κ1) is 18.9. The number of furan rings is 1. The van der Waals surface area contributed by atoms with Gasteiger partial charge in [0.25, 0.3) is 5.91 Å². The lowest BCUT2D eigenvalue weighted by Gasteiger charge is -2.17. The van der Waals surface area contributed by atoms with E-state index in [4.69, 9.17) is 14.4 Å². The van der Waals surface area contributed by atoms with E-state index in [9.17, 15) is 9.59 Å². The Morgan fingerprint density at radius 2 is 1.82 bits per heavy atom. The summed E-state index contributed by atoms with van der Waals surface area (Å²) in [6.45, 7) is 0.0102. The largest absolute Gasteiger partial charge is 0.459 e. The third-order valence-electron chi connectivity index (χ3n) is 4.05. The normalized spacial score (nSPS) is 11.2. The van der Waals surface area contributed by atoms with Crippen LogP contribution in [0.5, 0.6) is 0 Å². The number of nitriles is 1. The second kappa shape index (κ2) is 9.19. The third kappa shape index (κ3) is 5.08. The second-order valence-corrected chi connectivity index (χ2v) is 6.11. The zero-order valence-electron chi connectivity index (χ0n) is 15.0. The van der Waals surface area contributed by atoms with Crippen LogP contribution in [0.1, 0.15) is 27.2 Å². The maximum atomic E-state index is 12.6. The maximum absolute atomic E-state index is 12.6. The van der Waals surface area contributed by atoms with E-state index in [1.165, 1.54) is 12.3 Å². The molecule has 2 aromatic carbocycles. The molecule has 3 aromatic rings. The van der Waals surface area contributed by atoms with Crippen molar-refractivity contribution in [3.05, 3.63) is 95.4 Å². The van der Waals surface area contributed by atoms with Crippen LogP contribution in [0, 0.1) is 11.3 Å². The molecule has 1 atom stereocenters. The summed E-state index contributed by atoms with van der Waals surface area (Å²) in [5.74, 6) is -0.937. The highest BCUT2D eigenvalue weighted by molar-refractivity contribution is 5.94. The molecule has 0 bridgehead atoms. The molecular weight excluding hydrogens is 356 g/mol. The van der Waals surface area contributed by atoms with E-state index in [-0.39, 0.29) is 18.8 Å². The predicted octanol–water partition coefficient (Wildman–Crippen LogP) is 3.24. The molecule has 0 aliphatic heterocycles. The van der Waals surface area contributed by atoms with E-state index in [0.29, 0.717) is 11.1 Å². The van der Waals surface area contributed by atoms with Gasteiger partial charge in [0.2, 0.25) is 0 Å². The molecule has 0 aliphatic rings. The average molecular weight is 374 g/mol. The predicted molar refractivity (Wildman–Crippen MR) is 101 cm³/mol. The van der Waals surface area contributed by atoms with Gasteiger partial charge in [-0.25, -0.2) is 4.79 Å². The van der Waals surface area contributed by atoms with Crippen LogP contribution in [0.4, 0.5) is 0 Å². The van der Waals surface area contributed by atoms with Crippen molar-refractivity contribution in [1.82, 2.24) is 5.32 Å². The van der Waals surface area contributed by atoms with Crippen LogP contribution in [0.3, 0.4) is 0 Å². The van der Waals surface area contributed by atoms with Crippen molar-refractivity contribution in [3.8, 4) is 6.07 Å². The summed E-state index contributed by atoms with van der Waals surface area (Å²) in [6.07, 6.45) is 1.67. The summed E-state index contributed by atoms with van der Waals surface area (Å²) >= 11 is 0. The summed E-state index contributed by atoms with van der Waals surface area (Å²) in [5.41, 5.74) is 2.07. The lowest BCUT2D eigenvalue weighted by Crippen LogP contribution is -2.43. The van der Waals surface area contributed by atoms with Crippen molar-refractivity contribution >= 4 is 11.9 Å². The number of benzene rings is 2.